The summed E-state index contributed by atoms with van der Waals surface area (Å²) in [7, 11) is 1.40. The van der Waals surface area contributed by atoms with Crippen molar-refractivity contribution >= 4 is 5.97 Å². The number of pyridine rings is 1. The summed E-state index contributed by atoms with van der Waals surface area (Å²) in [5.41, 5.74) is 3.59. The van der Waals surface area contributed by atoms with Crippen LogP contribution in [0.2, 0.25) is 0 Å². The van der Waals surface area contributed by atoms with E-state index in [1.165, 1.54) is 7.11 Å². The van der Waals surface area contributed by atoms with Crippen LogP contribution in [0.15, 0.2) is 24.7 Å². The molecule has 1 aliphatic rings. The molecule has 6 heteroatoms. The number of esters is 1. The first-order valence-corrected chi connectivity index (χ1v) is 8.90. The second-order valence-electron chi connectivity index (χ2n) is 6.59. The van der Waals surface area contributed by atoms with Gasteiger partial charge in [-0.05, 0) is 43.5 Å². The summed E-state index contributed by atoms with van der Waals surface area (Å²) in [6, 6.07) is 2.17. The number of piperidine rings is 1. The van der Waals surface area contributed by atoms with Crippen molar-refractivity contribution in [2.24, 2.45) is 0 Å². The van der Waals surface area contributed by atoms with E-state index in [4.69, 9.17) is 9.84 Å². The average Bonchev–Trinajstić information content (AvgIpc) is 3.02. The van der Waals surface area contributed by atoms with E-state index in [-0.39, 0.29) is 5.97 Å². The van der Waals surface area contributed by atoms with Crippen molar-refractivity contribution in [3.8, 4) is 0 Å². The predicted octanol–water partition coefficient (Wildman–Crippen LogP) is 2.62. The highest BCUT2D eigenvalue weighted by Crippen LogP contribution is 2.24. The lowest BCUT2D eigenvalue weighted by Gasteiger charge is -2.31. The predicted molar refractivity (Wildman–Crippen MR) is 95.7 cm³/mol. The number of aromatic nitrogens is 3. The third kappa shape index (κ3) is 3.90. The van der Waals surface area contributed by atoms with Crippen LogP contribution >= 0.6 is 0 Å². The molecule has 0 aromatic carbocycles. The molecule has 2 aromatic rings. The van der Waals surface area contributed by atoms with Crippen LogP contribution < -0.4 is 0 Å². The normalized spacial score (nSPS) is 16.1. The van der Waals surface area contributed by atoms with Crippen molar-refractivity contribution in [1.82, 2.24) is 19.7 Å². The van der Waals surface area contributed by atoms with Crippen molar-refractivity contribution < 1.29 is 9.53 Å². The van der Waals surface area contributed by atoms with E-state index in [1.807, 2.05) is 6.92 Å². The molecule has 0 unspecified atom stereocenters. The number of carbonyl (C=O) groups is 1. The molecule has 3 rings (SSSR count). The van der Waals surface area contributed by atoms with Crippen LogP contribution in [-0.4, -0.2) is 52.4 Å². The van der Waals surface area contributed by atoms with Gasteiger partial charge in [0.05, 0.1) is 24.4 Å². The minimum Gasteiger partial charge on any atom is -0.465 e. The third-order valence-corrected chi connectivity index (χ3v) is 5.09. The Morgan fingerprint density at radius 2 is 2.08 bits per heavy atom. The van der Waals surface area contributed by atoms with Crippen molar-refractivity contribution in [2.75, 3.05) is 26.7 Å². The second-order valence-corrected chi connectivity index (χ2v) is 6.59. The Morgan fingerprint density at radius 1 is 1.32 bits per heavy atom. The molecule has 0 spiro atoms. The van der Waals surface area contributed by atoms with Gasteiger partial charge < -0.3 is 9.64 Å². The number of aryl methyl sites for hydroxylation is 1. The number of hydrogen-bond acceptors (Lipinski definition) is 5. The molecule has 0 aliphatic carbocycles. The SMILES string of the molecule is CCN1CCC(n2cc(Cc3cnccc3C(=O)OC)c(C)n2)CC1. The van der Waals surface area contributed by atoms with Gasteiger partial charge in [0.15, 0.2) is 0 Å². The van der Waals surface area contributed by atoms with E-state index < -0.39 is 0 Å². The maximum Gasteiger partial charge on any atom is 0.338 e. The molecular formula is C19H26N4O2. The van der Waals surface area contributed by atoms with E-state index in [1.54, 1.807) is 18.5 Å². The van der Waals surface area contributed by atoms with Gasteiger partial charge in [0.25, 0.3) is 0 Å². The number of hydrogen-bond donors (Lipinski definition) is 0. The fourth-order valence-electron chi connectivity index (χ4n) is 3.46. The summed E-state index contributed by atoms with van der Waals surface area (Å²) >= 11 is 0. The van der Waals surface area contributed by atoms with Crippen LogP contribution in [0.1, 0.15) is 53.0 Å². The Kier molecular flexibility index (Phi) is 5.48. The summed E-state index contributed by atoms with van der Waals surface area (Å²) < 4.78 is 6.99. The van der Waals surface area contributed by atoms with E-state index in [2.05, 4.69) is 27.7 Å². The highest BCUT2D eigenvalue weighted by Gasteiger charge is 2.21. The van der Waals surface area contributed by atoms with Gasteiger partial charge in [-0.15, -0.1) is 0 Å². The highest BCUT2D eigenvalue weighted by atomic mass is 16.5. The molecule has 25 heavy (non-hydrogen) atoms. The van der Waals surface area contributed by atoms with Gasteiger partial charge >= 0.3 is 5.97 Å². The lowest BCUT2D eigenvalue weighted by molar-refractivity contribution is 0.0599. The standard InChI is InChI=1S/C19H26N4O2/c1-4-22-9-6-17(7-10-22)23-13-16(14(2)21-23)11-15-12-20-8-5-18(15)19(24)25-3/h5,8,12-13,17H,4,6-7,9-11H2,1-3H3. The first-order chi connectivity index (χ1) is 12.1. The average molecular weight is 342 g/mol. The first-order valence-electron chi connectivity index (χ1n) is 8.90. The van der Waals surface area contributed by atoms with Gasteiger partial charge in [-0.1, -0.05) is 6.92 Å². The Bertz CT molecular complexity index is 733. The zero-order chi connectivity index (χ0) is 17.8. The molecule has 0 bridgehead atoms. The van der Waals surface area contributed by atoms with Crippen molar-refractivity contribution in [2.45, 2.75) is 39.2 Å². The quantitative estimate of drug-likeness (QED) is 0.782. The second kappa shape index (κ2) is 7.78. The Labute approximate surface area is 148 Å². The van der Waals surface area contributed by atoms with Gasteiger partial charge in [-0.3, -0.25) is 9.67 Å². The molecule has 1 aliphatic heterocycles. The fourth-order valence-corrected chi connectivity index (χ4v) is 3.46. The first kappa shape index (κ1) is 17.6. The molecule has 0 amide bonds. The third-order valence-electron chi connectivity index (χ3n) is 5.09. The number of carbonyl (C=O) groups excluding carboxylic acids is 1. The molecule has 134 valence electrons. The zero-order valence-corrected chi connectivity index (χ0v) is 15.2. The smallest absolute Gasteiger partial charge is 0.338 e. The number of methoxy groups -OCH3 is 1. The molecule has 2 aromatic heterocycles. The van der Waals surface area contributed by atoms with Crippen LogP contribution in [0.4, 0.5) is 0 Å². The molecule has 0 radical (unpaired) electrons. The Morgan fingerprint density at radius 3 is 2.76 bits per heavy atom. The van der Waals surface area contributed by atoms with E-state index >= 15 is 0 Å². The van der Waals surface area contributed by atoms with Gasteiger partial charge in [0.2, 0.25) is 0 Å². The topological polar surface area (TPSA) is 60.2 Å². The van der Waals surface area contributed by atoms with Crippen LogP contribution in [0, 0.1) is 6.92 Å². The summed E-state index contributed by atoms with van der Waals surface area (Å²) in [5, 5.41) is 4.74. The molecular weight excluding hydrogens is 316 g/mol. The van der Waals surface area contributed by atoms with Crippen LogP contribution in [0.5, 0.6) is 0 Å². The summed E-state index contributed by atoms with van der Waals surface area (Å²) in [5.74, 6) is -0.325. The summed E-state index contributed by atoms with van der Waals surface area (Å²) in [6.07, 6.45) is 8.40. The highest BCUT2D eigenvalue weighted by molar-refractivity contribution is 5.90. The van der Waals surface area contributed by atoms with E-state index in [0.29, 0.717) is 18.0 Å². The number of likely N-dealkylation sites (tertiary alicyclic amines) is 1. The number of ether oxygens (including phenoxy) is 1. The van der Waals surface area contributed by atoms with Crippen LogP contribution in [0.25, 0.3) is 0 Å². The van der Waals surface area contributed by atoms with Crippen molar-refractivity contribution in [3.63, 3.8) is 0 Å². The fraction of sp³-hybridized carbons (Fsp3) is 0.526. The molecule has 1 fully saturated rings. The van der Waals surface area contributed by atoms with Crippen molar-refractivity contribution in [3.05, 3.63) is 47.0 Å². The molecule has 0 N–H and O–H groups in total. The minimum absolute atomic E-state index is 0.325. The van der Waals surface area contributed by atoms with E-state index in [0.717, 1.165) is 49.3 Å². The number of nitrogens with zero attached hydrogens (tertiary/aromatic N) is 4. The molecule has 0 saturated carbocycles. The molecule has 6 nitrogen and oxygen atoms in total. The van der Waals surface area contributed by atoms with Crippen molar-refractivity contribution in [1.29, 1.82) is 0 Å². The van der Waals surface area contributed by atoms with Gasteiger partial charge in [0.1, 0.15) is 0 Å². The molecule has 3 heterocycles. The van der Waals surface area contributed by atoms with Crippen LogP contribution in [0.3, 0.4) is 0 Å². The van der Waals surface area contributed by atoms with Crippen LogP contribution in [-0.2, 0) is 11.2 Å². The van der Waals surface area contributed by atoms with Gasteiger partial charge in [-0.25, -0.2) is 4.79 Å². The zero-order valence-electron chi connectivity index (χ0n) is 15.2. The lowest BCUT2D eigenvalue weighted by atomic mass is 10.0. The maximum absolute atomic E-state index is 11.9. The summed E-state index contributed by atoms with van der Waals surface area (Å²) in [4.78, 5) is 18.6. The van der Waals surface area contributed by atoms with Gasteiger partial charge in [0, 0.05) is 38.1 Å². The molecule has 1 saturated heterocycles. The minimum atomic E-state index is -0.325. The Balaban J connectivity index is 1.77. The summed E-state index contributed by atoms with van der Waals surface area (Å²) in [6.45, 7) is 7.62. The number of rotatable bonds is 5. The van der Waals surface area contributed by atoms with E-state index in [9.17, 15) is 4.79 Å². The Hall–Kier alpha value is -2.21. The van der Waals surface area contributed by atoms with Gasteiger partial charge in [-0.2, -0.15) is 5.10 Å². The largest absolute Gasteiger partial charge is 0.465 e. The molecule has 0 atom stereocenters. The lowest BCUT2D eigenvalue weighted by Crippen LogP contribution is -2.34. The monoisotopic (exact) mass is 342 g/mol. The maximum atomic E-state index is 11.9.